The fourth-order valence-corrected chi connectivity index (χ4v) is 3.22. The maximum atomic E-state index is 12.2. The molecule has 0 atom stereocenters. The van der Waals surface area contributed by atoms with Crippen molar-refractivity contribution in [3.63, 3.8) is 0 Å². The molecule has 2 rings (SSSR count). The molecule has 1 aromatic heterocycles. The van der Waals surface area contributed by atoms with Crippen LogP contribution in [-0.2, 0) is 16.6 Å². The summed E-state index contributed by atoms with van der Waals surface area (Å²) in [7, 11) is -3.43. The molecule has 120 valence electrons. The molecule has 1 aromatic carbocycles. The van der Waals surface area contributed by atoms with Crippen molar-refractivity contribution in [1.29, 1.82) is 0 Å². The Morgan fingerprint density at radius 3 is 2.41 bits per heavy atom. The van der Waals surface area contributed by atoms with E-state index >= 15 is 0 Å². The Kier molecular flexibility index (Phi) is 5.37. The molecule has 0 bridgehead atoms. The van der Waals surface area contributed by atoms with Crippen LogP contribution in [0.2, 0.25) is 0 Å². The average molecular weight is 321 g/mol. The van der Waals surface area contributed by atoms with E-state index in [0.717, 1.165) is 11.3 Å². The lowest BCUT2D eigenvalue weighted by Gasteiger charge is -2.09. The van der Waals surface area contributed by atoms with Crippen LogP contribution in [0.1, 0.15) is 37.4 Å². The van der Waals surface area contributed by atoms with Gasteiger partial charge in [0.15, 0.2) is 0 Å². The number of nitrogens with one attached hydrogen (secondary N) is 1. The Morgan fingerprint density at radius 1 is 1.18 bits per heavy atom. The van der Waals surface area contributed by atoms with Crippen LogP contribution in [-0.4, -0.2) is 24.7 Å². The highest BCUT2D eigenvalue weighted by Gasteiger charge is 2.13. The van der Waals surface area contributed by atoms with Crippen LogP contribution >= 0.6 is 0 Å². The predicted molar refractivity (Wildman–Crippen MR) is 87.3 cm³/mol. The molecule has 0 aliphatic carbocycles. The number of sulfonamides is 1. The zero-order chi connectivity index (χ0) is 16.2. The smallest absolute Gasteiger partial charge is 0.240 e. The quantitative estimate of drug-likeness (QED) is 0.798. The van der Waals surface area contributed by atoms with Gasteiger partial charge in [0.25, 0.3) is 0 Å². The van der Waals surface area contributed by atoms with E-state index in [1.807, 2.05) is 36.0 Å². The van der Waals surface area contributed by atoms with Crippen LogP contribution in [0.3, 0.4) is 0 Å². The monoisotopic (exact) mass is 321 g/mol. The molecule has 1 N–H and O–H groups in total. The van der Waals surface area contributed by atoms with Crippen LogP contribution in [0.5, 0.6) is 0 Å². The first-order valence-electron chi connectivity index (χ1n) is 7.48. The number of hydrogen-bond acceptors (Lipinski definition) is 3. The first-order chi connectivity index (χ1) is 10.4. The van der Waals surface area contributed by atoms with E-state index in [1.165, 1.54) is 0 Å². The first-order valence-corrected chi connectivity index (χ1v) is 8.96. The number of aromatic nitrogens is 2. The third-order valence-electron chi connectivity index (χ3n) is 3.49. The minimum atomic E-state index is -3.43. The standard InChI is InChI=1S/C16H23N3O2S/c1-13(2)15-5-7-16(8-6-15)22(20,21)17-10-4-11-19-12-9-14(3)18-19/h5-9,12-13,17H,4,10-11H2,1-3H3. The summed E-state index contributed by atoms with van der Waals surface area (Å²) in [5, 5.41) is 4.27. The molecule has 5 nitrogen and oxygen atoms in total. The Balaban J connectivity index is 1.87. The molecule has 0 radical (unpaired) electrons. The summed E-state index contributed by atoms with van der Waals surface area (Å²) in [5.74, 6) is 0.391. The van der Waals surface area contributed by atoms with E-state index in [0.29, 0.717) is 30.3 Å². The van der Waals surface area contributed by atoms with Gasteiger partial charge in [0.2, 0.25) is 10.0 Å². The first kappa shape index (κ1) is 16.7. The molecular weight excluding hydrogens is 298 g/mol. The van der Waals surface area contributed by atoms with Gasteiger partial charge in [-0.2, -0.15) is 5.10 Å². The molecule has 0 amide bonds. The van der Waals surface area contributed by atoms with E-state index < -0.39 is 10.0 Å². The molecule has 0 fully saturated rings. The van der Waals surface area contributed by atoms with Crippen molar-refractivity contribution < 1.29 is 8.42 Å². The second kappa shape index (κ2) is 7.07. The van der Waals surface area contributed by atoms with E-state index in [-0.39, 0.29) is 0 Å². The van der Waals surface area contributed by atoms with Gasteiger partial charge in [0.05, 0.1) is 10.6 Å². The lowest BCUT2D eigenvalue weighted by Crippen LogP contribution is -2.25. The van der Waals surface area contributed by atoms with E-state index in [2.05, 4.69) is 23.7 Å². The third kappa shape index (κ3) is 4.42. The molecule has 2 aromatic rings. The van der Waals surface area contributed by atoms with Crippen molar-refractivity contribution in [2.45, 2.75) is 44.6 Å². The summed E-state index contributed by atoms with van der Waals surface area (Å²) in [4.78, 5) is 0.312. The molecule has 0 spiro atoms. The highest BCUT2D eigenvalue weighted by Crippen LogP contribution is 2.17. The molecule has 1 heterocycles. The zero-order valence-corrected chi connectivity index (χ0v) is 14.1. The Bertz CT molecular complexity index is 703. The van der Waals surface area contributed by atoms with E-state index in [4.69, 9.17) is 0 Å². The van der Waals surface area contributed by atoms with E-state index in [9.17, 15) is 8.42 Å². The third-order valence-corrected chi connectivity index (χ3v) is 4.96. The van der Waals surface area contributed by atoms with E-state index in [1.54, 1.807) is 12.1 Å². The van der Waals surface area contributed by atoms with Gasteiger partial charge >= 0.3 is 0 Å². The highest BCUT2D eigenvalue weighted by atomic mass is 32.2. The second-order valence-electron chi connectivity index (χ2n) is 5.70. The van der Waals surface area contributed by atoms with Crippen LogP contribution < -0.4 is 4.72 Å². The topological polar surface area (TPSA) is 64.0 Å². The summed E-state index contributed by atoms with van der Waals surface area (Å²) in [6.45, 7) is 7.19. The summed E-state index contributed by atoms with van der Waals surface area (Å²) in [6.07, 6.45) is 2.60. The minimum absolute atomic E-state index is 0.312. The van der Waals surface area contributed by atoms with Crippen LogP contribution in [0.25, 0.3) is 0 Å². The summed E-state index contributed by atoms with van der Waals surface area (Å²) in [6, 6.07) is 8.99. The minimum Gasteiger partial charge on any atom is -0.272 e. The number of nitrogens with zero attached hydrogens (tertiary/aromatic N) is 2. The maximum Gasteiger partial charge on any atom is 0.240 e. The molecule has 0 aliphatic heterocycles. The number of aryl methyl sites for hydroxylation is 2. The Morgan fingerprint density at radius 2 is 1.86 bits per heavy atom. The SMILES string of the molecule is Cc1ccn(CCCNS(=O)(=O)c2ccc(C(C)C)cc2)n1. The van der Waals surface area contributed by atoms with Crippen molar-refractivity contribution in [3.05, 3.63) is 47.8 Å². The lowest BCUT2D eigenvalue weighted by molar-refractivity contribution is 0.551. The number of hydrogen-bond donors (Lipinski definition) is 1. The van der Waals surface area contributed by atoms with Crippen molar-refractivity contribution >= 4 is 10.0 Å². The Labute approximate surface area is 132 Å². The van der Waals surface area contributed by atoms with Crippen LogP contribution in [0, 0.1) is 6.92 Å². The van der Waals surface area contributed by atoms with Gasteiger partial charge < -0.3 is 0 Å². The molecule has 0 saturated carbocycles. The fraction of sp³-hybridized carbons (Fsp3) is 0.438. The molecule has 0 saturated heterocycles. The molecular formula is C16H23N3O2S. The number of benzene rings is 1. The Hall–Kier alpha value is -1.66. The maximum absolute atomic E-state index is 12.2. The predicted octanol–water partition coefficient (Wildman–Crippen LogP) is 2.68. The second-order valence-corrected chi connectivity index (χ2v) is 7.46. The average Bonchev–Trinajstić information content (AvgIpc) is 2.89. The van der Waals surface area contributed by atoms with Gasteiger partial charge in [-0.1, -0.05) is 26.0 Å². The molecule has 22 heavy (non-hydrogen) atoms. The summed E-state index contributed by atoms with van der Waals surface area (Å²) < 4.78 is 28.8. The van der Waals surface area contributed by atoms with Crippen molar-refractivity contribution in [2.75, 3.05) is 6.54 Å². The molecule has 6 heteroatoms. The summed E-state index contributed by atoms with van der Waals surface area (Å²) in [5.41, 5.74) is 2.10. The fourth-order valence-electron chi connectivity index (χ4n) is 2.15. The zero-order valence-electron chi connectivity index (χ0n) is 13.3. The lowest BCUT2D eigenvalue weighted by atomic mass is 10.0. The highest BCUT2D eigenvalue weighted by molar-refractivity contribution is 7.89. The van der Waals surface area contributed by atoms with Gasteiger partial charge in [0.1, 0.15) is 0 Å². The van der Waals surface area contributed by atoms with Gasteiger partial charge in [-0.25, -0.2) is 13.1 Å². The van der Waals surface area contributed by atoms with Gasteiger partial charge in [-0.05, 0) is 43.0 Å². The summed E-state index contributed by atoms with van der Waals surface area (Å²) >= 11 is 0. The van der Waals surface area contributed by atoms with Gasteiger partial charge in [-0.15, -0.1) is 0 Å². The van der Waals surface area contributed by atoms with Gasteiger partial charge in [-0.3, -0.25) is 4.68 Å². The van der Waals surface area contributed by atoms with Crippen LogP contribution in [0.4, 0.5) is 0 Å². The van der Waals surface area contributed by atoms with Crippen molar-refractivity contribution in [1.82, 2.24) is 14.5 Å². The van der Waals surface area contributed by atoms with Gasteiger partial charge in [0, 0.05) is 19.3 Å². The molecule has 0 aliphatic rings. The van der Waals surface area contributed by atoms with Crippen molar-refractivity contribution in [3.8, 4) is 0 Å². The van der Waals surface area contributed by atoms with Crippen LogP contribution in [0.15, 0.2) is 41.4 Å². The van der Waals surface area contributed by atoms with Crippen molar-refractivity contribution in [2.24, 2.45) is 0 Å². The molecule has 0 unspecified atom stereocenters. The normalized spacial score (nSPS) is 12.0. The number of rotatable bonds is 7. The largest absolute Gasteiger partial charge is 0.272 e.